The molecule has 1 atom stereocenters. The van der Waals surface area contributed by atoms with Gasteiger partial charge in [-0.1, -0.05) is 42.5 Å². The van der Waals surface area contributed by atoms with Crippen LogP contribution in [0.3, 0.4) is 0 Å². The Bertz CT molecular complexity index is 558. The number of hydrogen-bond donors (Lipinski definition) is 2. The van der Waals surface area contributed by atoms with Crippen molar-refractivity contribution in [3.05, 3.63) is 64.7 Å². The molecule has 112 valence electrons. The summed E-state index contributed by atoms with van der Waals surface area (Å²) in [5.41, 5.74) is 10.4. The lowest BCUT2D eigenvalue weighted by molar-refractivity contribution is 0.276. The highest BCUT2D eigenvalue weighted by Crippen LogP contribution is 2.28. The second kappa shape index (κ2) is 7.25. The largest absolute Gasteiger partial charge is 0.488 e. The van der Waals surface area contributed by atoms with Crippen LogP contribution in [0.15, 0.2) is 42.5 Å². The zero-order chi connectivity index (χ0) is 15.2. The van der Waals surface area contributed by atoms with Crippen LogP contribution in [0.25, 0.3) is 0 Å². The van der Waals surface area contributed by atoms with Gasteiger partial charge in [0.1, 0.15) is 12.4 Å². The molecule has 0 saturated carbocycles. The maximum Gasteiger partial charge on any atom is 0.125 e. The molecular weight excluding hydrogens is 262 g/mol. The van der Waals surface area contributed by atoms with Gasteiger partial charge in [-0.3, -0.25) is 0 Å². The lowest BCUT2D eigenvalue weighted by atomic mass is 9.99. The molecule has 21 heavy (non-hydrogen) atoms. The second-order valence-electron chi connectivity index (χ2n) is 5.38. The average Bonchev–Trinajstić information content (AvgIpc) is 2.47. The molecule has 3 heteroatoms. The molecule has 0 heterocycles. The molecule has 0 saturated heterocycles. The minimum absolute atomic E-state index is 0.103. The van der Waals surface area contributed by atoms with Crippen LogP contribution in [0.1, 0.15) is 34.7 Å². The second-order valence-corrected chi connectivity index (χ2v) is 5.38. The Balaban J connectivity index is 2.13. The van der Waals surface area contributed by atoms with E-state index in [1.165, 1.54) is 0 Å². The minimum Gasteiger partial charge on any atom is -0.488 e. The molecule has 0 aliphatic carbocycles. The fourth-order valence-electron chi connectivity index (χ4n) is 2.46. The summed E-state index contributed by atoms with van der Waals surface area (Å²) in [6.07, 6.45) is 0.573. The first-order valence-electron chi connectivity index (χ1n) is 7.26. The summed E-state index contributed by atoms with van der Waals surface area (Å²) < 4.78 is 5.96. The van der Waals surface area contributed by atoms with Gasteiger partial charge in [-0.25, -0.2) is 0 Å². The highest BCUT2D eigenvalue weighted by Gasteiger charge is 2.11. The van der Waals surface area contributed by atoms with E-state index < -0.39 is 0 Å². The van der Waals surface area contributed by atoms with Gasteiger partial charge < -0.3 is 15.6 Å². The molecule has 0 aliphatic heterocycles. The van der Waals surface area contributed by atoms with Crippen molar-refractivity contribution in [1.29, 1.82) is 0 Å². The molecule has 0 aromatic heterocycles. The first-order valence-corrected chi connectivity index (χ1v) is 7.26. The topological polar surface area (TPSA) is 55.5 Å². The fraction of sp³-hybridized carbons (Fsp3) is 0.333. The van der Waals surface area contributed by atoms with Crippen molar-refractivity contribution in [2.24, 2.45) is 5.73 Å². The van der Waals surface area contributed by atoms with E-state index in [2.05, 4.69) is 12.1 Å². The summed E-state index contributed by atoms with van der Waals surface area (Å²) in [5, 5.41) is 9.00. The smallest absolute Gasteiger partial charge is 0.125 e. The van der Waals surface area contributed by atoms with Gasteiger partial charge in [0.15, 0.2) is 0 Å². The summed E-state index contributed by atoms with van der Waals surface area (Å²) in [4.78, 5) is 0. The van der Waals surface area contributed by atoms with Gasteiger partial charge in [-0.15, -0.1) is 0 Å². The number of benzene rings is 2. The Morgan fingerprint density at radius 1 is 1.10 bits per heavy atom. The third kappa shape index (κ3) is 4.06. The average molecular weight is 285 g/mol. The van der Waals surface area contributed by atoms with Crippen LogP contribution in [0.2, 0.25) is 0 Å². The summed E-state index contributed by atoms with van der Waals surface area (Å²) in [6, 6.07) is 14.1. The zero-order valence-electron chi connectivity index (χ0n) is 12.7. The van der Waals surface area contributed by atoms with Gasteiger partial charge in [0, 0.05) is 12.6 Å². The van der Waals surface area contributed by atoms with Crippen molar-refractivity contribution in [2.75, 3.05) is 6.61 Å². The standard InChI is InChI=1S/C18H23NO2/c1-13-10-16(17(19)8-9-20)11-14(2)18(13)21-12-15-6-4-3-5-7-15/h3-7,10-11,17,20H,8-9,12,19H2,1-2H3/t17-/m0/s1. The van der Waals surface area contributed by atoms with E-state index in [0.29, 0.717) is 13.0 Å². The van der Waals surface area contributed by atoms with Crippen LogP contribution in [0.5, 0.6) is 5.75 Å². The third-order valence-electron chi connectivity index (χ3n) is 3.58. The van der Waals surface area contributed by atoms with E-state index in [0.717, 1.165) is 28.0 Å². The Morgan fingerprint density at radius 3 is 2.29 bits per heavy atom. The van der Waals surface area contributed by atoms with Crippen molar-refractivity contribution < 1.29 is 9.84 Å². The molecule has 0 fully saturated rings. The maximum absolute atomic E-state index is 9.00. The quantitative estimate of drug-likeness (QED) is 0.856. The monoisotopic (exact) mass is 285 g/mol. The number of aryl methyl sites for hydroxylation is 2. The first-order chi connectivity index (χ1) is 10.1. The minimum atomic E-state index is -0.129. The van der Waals surface area contributed by atoms with Crippen LogP contribution in [0.4, 0.5) is 0 Å². The summed E-state index contributed by atoms with van der Waals surface area (Å²) in [5.74, 6) is 0.916. The van der Waals surface area contributed by atoms with Crippen molar-refractivity contribution >= 4 is 0 Å². The van der Waals surface area contributed by atoms with E-state index in [1.54, 1.807) is 0 Å². The number of ether oxygens (including phenoxy) is 1. The van der Waals surface area contributed by atoms with E-state index in [9.17, 15) is 0 Å². The molecule has 3 nitrogen and oxygen atoms in total. The molecule has 2 aromatic carbocycles. The van der Waals surface area contributed by atoms with Crippen molar-refractivity contribution in [1.82, 2.24) is 0 Å². The predicted molar refractivity (Wildman–Crippen MR) is 85.3 cm³/mol. The lowest BCUT2D eigenvalue weighted by Gasteiger charge is -2.17. The molecule has 0 radical (unpaired) electrons. The van der Waals surface area contributed by atoms with Crippen LogP contribution in [-0.2, 0) is 6.61 Å². The van der Waals surface area contributed by atoms with Crippen LogP contribution in [0, 0.1) is 13.8 Å². The number of aliphatic hydroxyl groups is 1. The lowest BCUT2D eigenvalue weighted by Crippen LogP contribution is -2.12. The van der Waals surface area contributed by atoms with Gasteiger partial charge in [0.25, 0.3) is 0 Å². The number of aliphatic hydroxyl groups excluding tert-OH is 1. The SMILES string of the molecule is Cc1cc([C@@H](N)CCO)cc(C)c1OCc1ccccc1. The first kappa shape index (κ1) is 15.5. The predicted octanol–water partition coefficient (Wildman–Crippen LogP) is 3.26. The highest BCUT2D eigenvalue weighted by molar-refractivity contribution is 5.44. The molecule has 2 rings (SSSR count). The van der Waals surface area contributed by atoms with E-state index in [-0.39, 0.29) is 12.6 Å². The van der Waals surface area contributed by atoms with Gasteiger partial charge in [-0.2, -0.15) is 0 Å². The Morgan fingerprint density at radius 2 is 1.71 bits per heavy atom. The molecule has 0 amide bonds. The molecule has 0 bridgehead atoms. The summed E-state index contributed by atoms with van der Waals surface area (Å²) in [6.45, 7) is 4.72. The van der Waals surface area contributed by atoms with Crippen molar-refractivity contribution in [3.63, 3.8) is 0 Å². The van der Waals surface area contributed by atoms with Crippen LogP contribution >= 0.6 is 0 Å². The molecule has 2 aromatic rings. The molecular formula is C18H23NO2. The Kier molecular flexibility index (Phi) is 5.37. The number of nitrogens with two attached hydrogens (primary N) is 1. The third-order valence-corrected chi connectivity index (χ3v) is 3.58. The Labute approximate surface area is 126 Å². The highest BCUT2D eigenvalue weighted by atomic mass is 16.5. The molecule has 3 N–H and O–H groups in total. The summed E-state index contributed by atoms with van der Waals surface area (Å²) in [7, 11) is 0. The number of hydrogen-bond acceptors (Lipinski definition) is 3. The van der Waals surface area contributed by atoms with Gasteiger partial charge >= 0.3 is 0 Å². The van der Waals surface area contributed by atoms with Gasteiger partial charge in [-0.05, 0) is 42.5 Å². The van der Waals surface area contributed by atoms with E-state index in [1.807, 2.05) is 44.2 Å². The van der Waals surface area contributed by atoms with E-state index >= 15 is 0 Å². The molecule has 0 unspecified atom stereocenters. The van der Waals surface area contributed by atoms with Crippen LogP contribution < -0.4 is 10.5 Å². The van der Waals surface area contributed by atoms with Crippen molar-refractivity contribution in [2.45, 2.75) is 32.9 Å². The molecule has 0 aliphatic rings. The van der Waals surface area contributed by atoms with E-state index in [4.69, 9.17) is 15.6 Å². The fourth-order valence-corrected chi connectivity index (χ4v) is 2.46. The number of rotatable bonds is 6. The van der Waals surface area contributed by atoms with Gasteiger partial charge in [0.2, 0.25) is 0 Å². The Hall–Kier alpha value is -1.84. The maximum atomic E-state index is 9.00. The zero-order valence-corrected chi connectivity index (χ0v) is 12.7. The normalized spacial score (nSPS) is 12.2. The van der Waals surface area contributed by atoms with Crippen LogP contribution in [-0.4, -0.2) is 11.7 Å². The van der Waals surface area contributed by atoms with Crippen molar-refractivity contribution in [3.8, 4) is 5.75 Å². The summed E-state index contributed by atoms with van der Waals surface area (Å²) >= 11 is 0. The molecule has 0 spiro atoms. The van der Waals surface area contributed by atoms with Gasteiger partial charge in [0.05, 0.1) is 0 Å².